The molecule has 0 saturated carbocycles. The maximum Gasteiger partial charge on any atom is 0.103 e. The first kappa shape index (κ1) is 18.1. The van der Waals surface area contributed by atoms with E-state index in [9.17, 15) is 10.2 Å². The van der Waals surface area contributed by atoms with E-state index in [-0.39, 0.29) is 12.7 Å². The normalized spacial score (nSPS) is 15.6. The fraction of sp³-hybridized carbons (Fsp3) is 0.667. The van der Waals surface area contributed by atoms with Crippen molar-refractivity contribution in [3.8, 4) is 0 Å². The molecule has 0 spiro atoms. The zero-order chi connectivity index (χ0) is 15.5. The molecule has 120 valence electrons. The molecular weight excluding hydrogens is 264 g/mol. The average Bonchev–Trinajstić information content (AvgIpc) is 2.54. The Morgan fingerprint density at radius 3 is 2.43 bits per heavy atom. The van der Waals surface area contributed by atoms with Crippen LogP contribution in [0.4, 0.5) is 0 Å². The third-order valence-electron chi connectivity index (χ3n) is 3.99. The van der Waals surface area contributed by atoms with Gasteiger partial charge in [-0.2, -0.15) is 0 Å². The van der Waals surface area contributed by atoms with Gasteiger partial charge in [0.05, 0.1) is 12.7 Å². The monoisotopic (exact) mass is 294 g/mol. The molecule has 21 heavy (non-hydrogen) atoms. The zero-order valence-corrected chi connectivity index (χ0v) is 13.4. The molecule has 0 fully saturated rings. The van der Waals surface area contributed by atoms with E-state index in [1.54, 1.807) is 0 Å². The molecule has 0 saturated heterocycles. The Morgan fingerprint density at radius 1 is 1.14 bits per heavy atom. The number of aliphatic hydroxyl groups excluding tert-OH is 2. The van der Waals surface area contributed by atoms with Gasteiger partial charge < -0.3 is 14.9 Å². The maximum absolute atomic E-state index is 9.97. The summed E-state index contributed by atoms with van der Waals surface area (Å²) < 4.78 is 5.94. The molecule has 2 N–H and O–H groups in total. The second kappa shape index (κ2) is 10.8. The third-order valence-corrected chi connectivity index (χ3v) is 3.99. The molecule has 0 amide bonds. The molecule has 0 radical (unpaired) electrons. The fourth-order valence-corrected chi connectivity index (χ4v) is 2.43. The van der Waals surface area contributed by atoms with Crippen LogP contribution in [-0.4, -0.2) is 35.6 Å². The number of aliphatic hydroxyl groups is 2. The van der Waals surface area contributed by atoms with E-state index >= 15 is 0 Å². The summed E-state index contributed by atoms with van der Waals surface area (Å²) in [6.45, 7) is 4.77. The Hall–Kier alpha value is -0.900. The van der Waals surface area contributed by atoms with Gasteiger partial charge in [-0.25, -0.2) is 0 Å². The molecule has 3 atom stereocenters. The predicted octanol–water partition coefficient (Wildman–Crippen LogP) is 3.18. The quantitative estimate of drug-likeness (QED) is 0.659. The summed E-state index contributed by atoms with van der Waals surface area (Å²) in [6, 6.07) is 9.98. The first-order valence-electron chi connectivity index (χ1n) is 8.15. The molecule has 0 aromatic heterocycles. The second-order valence-electron chi connectivity index (χ2n) is 5.73. The molecule has 0 aliphatic heterocycles. The Kier molecular flexibility index (Phi) is 9.31. The van der Waals surface area contributed by atoms with Crippen LogP contribution in [0.1, 0.15) is 45.1 Å². The van der Waals surface area contributed by atoms with Crippen LogP contribution in [0.15, 0.2) is 30.3 Å². The molecule has 1 rings (SSSR count). The Morgan fingerprint density at radius 2 is 1.86 bits per heavy atom. The highest BCUT2D eigenvalue weighted by Gasteiger charge is 2.21. The summed E-state index contributed by atoms with van der Waals surface area (Å²) in [5.74, 6) is 0.536. The van der Waals surface area contributed by atoms with Crippen molar-refractivity contribution in [2.45, 2.75) is 58.2 Å². The smallest absolute Gasteiger partial charge is 0.103 e. The highest BCUT2D eigenvalue weighted by Crippen LogP contribution is 2.16. The SMILES string of the molecule is CCCCC(CC)COC(Cc1ccccc1)C(O)CO. The Labute approximate surface area is 129 Å². The summed E-state index contributed by atoms with van der Waals surface area (Å²) in [5, 5.41) is 19.2. The first-order valence-corrected chi connectivity index (χ1v) is 8.15. The van der Waals surface area contributed by atoms with Crippen LogP contribution in [0.25, 0.3) is 0 Å². The van der Waals surface area contributed by atoms with Crippen LogP contribution in [0.5, 0.6) is 0 Å². The lowest BCUT2D eigenvalue weighted by Crippen LogP contribution is -2.35. The number of benzene rings is 1. The highest BCUT2D eigenvalue weighted by molar-refractivity contribution is 5.15. The van der Waals surface area contributed by atoms with Crippen LogP contribution in [0.2, 0.25) is 0 Å². The van der Waals surface area contributed by atoms with Crippen LogP contribution in [0.3, 0.4) is 0 Å². The van der Waals surface area contributed by atoms with Gasteiger partial charge in [0.1, 0.15) is 6.10 Å². The third kappa shape index (κ3) is 7.07. The lowest BCUT2D eigenvalue weighted by atomic mass is 9.99. The standard InChI is InChI=1S/C18H30O3/c1-3-5-9-15(4-2)14-21-18(17(20)13-19)12-16-10-7-6-8-11-16/h6-8,10-11,15,17-20H,3-5,9,12-14H2,1-2H3. The minimum absolute atomic E-state index is 0.261. The van der Waals surface area contributed by atoms with Gasteiger partial charge in [0.25, 0.3) is 0 Å². The van der Waals surface area contributed by atoms with Crippen molar-refractivity contribution in [3.05, 3.63) is 35.9 Å². The van der Waals surface area contributed by atoms with Crippen molar-refractivity contribution in [1.82, 2.24) is 0 Å². The molecule has 1 aromatic rings. The first-order chi connectivity index (χ1) is 10.2. The summed E-state index contributed by atoms with van der Waals surface area (Å²) in [6.07, 6.45) is 4.14. The molecule has 3 unspecified atom stereocenters. The summed E-state index contributed by atoms with van der Waals surface area (Å²) in [4.78, 5) is 0. The number of rotatable bonds is 11. The lowest BCUT2D eigenvalue weighted by Gasteiger charge is -2.25. The van der Waals surface area contributed by atoms with E-state index in [1.807, 2.05) is 30.3 Å². The Bertz CT molecular complexity index is 353. The van der Waals surface area contributed by atoms with Crippen molar-refractivity contribution < 1.29 is 14.9 Å². The van der Waals surface area contributed by atoms with Gasteiger partial charge in [0.15, 0.2) is 0 Å². The summed E-state index contributed by atoms with van der Waals surface area (Å²) >= 11 is 0. The van der Waals surface area contributed by atoms with E-state index in [2.05, 4.69) is 13.8 Å². The number of unbranched alkanes of at least 4 members (excludes halogenated alkanes) is 1. The van der Waals surface area contributed by atoms with E-state index < -0.39 is 6.10 Å². The van der Waals surface area contributed by atoms with Gasteiger partial charge >= 0.3 is 0 Å². The van der Waals surface area contributed by atoms with Gasteiger partial charge in [-0.3, -0.25) is 0 Å². The minimum atomic E-state index is -0.825. The predicted molar refractivity (Wildman–Crippen MR) is 86.3 cm³/mol. The summed E-state index contributed by atoms with van der Waals surface area (Å²) in [5.41, 5.74) is 1.12. The molecule has 3 nitrogen and oxygen atoms in total. The van der Waals surface area contributed by atoms with E-state index in [0.29, 0.717) is 18.9 Å². The van der Waals surface area contributed by atoms with E-state index in [0.717, 1.165) is 12.0 Å². The highest BCUT2D eigenvalue weighted by atomic mass is 16.5. The van der Waals surface area contributed by atoms with E-state index in [4.69, 9.17) is 4.74 Å². The van der Waals surface area contributed by atoms with E-state index in [1.165, 1.54) is 19.3 Å². The number of hydrogen-bond acceptors (Lipinski definition) is 3. The van der Waals surface area contributed by atoms with Gasteiger partial charge in [0.2, 0.25) is 0 Å². The largest absolute Gasteiger partial charge is 0.394 e. The van der Waals surface area contributed by atoms with Crippen molar-refractivity contribution in [2.75, 3.05) is 13.2 Å². The molecule has 0 aliphatic carbocycles. The maximum atomic E-state index is 9.97. The van der Waals surface area contributed by atoms with Gasteiger partial charge in [-0.15, -0.1) is 0 Å². The van der Waals surface area contributed by atoms with Crippen LogP contribution < -0.4 is 0 Å². The van der Waals surface area contributed by atoms with Crippen molar-refractivity contribution in [2.24, 2.45) is 5.92 Å². The molecule has 0 heterocycles. The molecule has 1 aromatic carbocycles. The second-order valence-corrected chi connectivity index (χ2v) is 5.73. The molecule has 3 heteroatoms. The molecule has 0 aliphatic rings. The van der Waals surface area contributed by atoms with Crippen LogP contribution >= 0.6 is 0 Å². The van der Waals surface area contributed by atoms with Gasteiger partial charge in [-0.1, -0.05) is 63.4 Å². The number of ether oxygens (including phenoxy) is 1. The zero-order valence-electron chi connectivity index (χ0n) is 13.4. The van der Waals surface area contributed by atoms with Gasteiger partial charge in [-0.05, 0) is 17.9 Å². The Balaban J connectivity index is 2.53. The topological polar surface area (TPSA) is 49.7 Å². The minimum Gasteiger partial charge on any atom is -0.394 e. The lowest BCUT2D eigenvalue weighted by molar-refractivity contribution is -0.0679. The summed E-state index contributed by atoms with van der Waals surface area (Å²) in [7, 11) is 0. The van der Waals surface area contributed by atoms with Crippen LogP contribution in [-0.2, 0) is 11.2 Å². The van der Waals surface area contributed by atoms with Crippen LogP contribution in [0, 0.1) is 5.92 Å². The molecule has 0 bridgehead atoms. The molecular formula is C18H30O3. The van der Waals surface area contributed by atoms with Crippen molar-refractivity contribution in [3.63, 3.8) is 0 Å². The average molecular weight is 294 g/mol. The van der Waals surface area contributed by atoms with Gasteiger partial charge in [0, 0.05) is 13.0 Å². The van der Waals surface area contributed by atoms with Crippen molar-refractivity contribution in [1.29, 1.82) is 0 Å². The van der Waals surface area contributed by atoms with Crippen molar-refractivity contribution >= 4 is 0 Å². The number of hydrogen-bond donors (Lipinski definition) is 2. The fourth-order valence-electron chi connectivity index (χ4n) is 2.43.